The number of ether oxygens (including phenoxy) is 2. The first-order chi connectivity index (χ1) is 11.1. The van der Waals surface area contributed by atoms with E-state index in [0.29, 0.717) is 31.8 Å². The van der Waals surface area contributed by atoms with Gasteiger partial charge in [0, 0.05) is 19.4 Å². The lowest BCUT2D eigenvalue weighted by Gasteiger charge is -2.16. The van der Waals surface area contributed by atoms with Gasteiger partial charge in [-0.25, -0.2) is 4.79 Å². The van der Waals surface area contributed by atoms with E-state index in [-0.39, 0.29) is 12.3 Å². The summed E-state index contributed by atoms with van der Waals surface area (Å²) in [6.07, 6.45) is 3.14. The van der Waals surface area contributed by atoms with E-state index in [4.69, 9.17) is 9.47 Å². The summed E-state index contributed by atoms with van der Waals surface area (Å²) in [5.41, 5.74) is 1.53. The molecule has 2 N–H and O–H groups in total. The zero-order valence-electron chi connectivity index (χ0n) is 12.9. The molecule has 0 spiro atoms. The van der Waals surface area contributed by atoms with Crippen LogP contribution in [0.15, 0.2) is 30.9 Å². The van der Waals surface area contributed by atoms with Crippen LogP contribution in [0.2, 0.25) is 0 Å². The third kappa shape index (κ3) is 4.82. The molecule has 6 nitrogen and oxygen atoms in total. The smallest absolute Gasteiger partial charge is 0.330 e. The van der Waals surface area contributed by atoms with Crippen molar-refractivity contribution in [2.75, 3.05) is 19.8 Å². The number of hydrogen-bond donors (Lipinski definition) is 2. The van der Waals surface area contributed by atoms with Gasteiger partial charge in [-0.3, -0.25) is 4.79 Å². The minimum atomic E-state index is -1.08. The first-order valence-corrected chi connectivity index (χ1v) is 7.58. The first-order valence-electron chi connectivity index (χ1n) is 7.58. The summed E-state index contributed by atoms with van der Waals surface area (Å²) >= 11 is 0. The number of carboxylic acid groups (broad SMARTS) is 1. The van der Waals surface area contributed by atoms with Gasteiger partial charge in [0.25, 0.3) is 0 Å². The number of benzene rings is 1. The maximum absolute atomic E-state index is 11.9. The van der Waals surface area contributed by atoms with Gasteiger partial charge in [0.05, 0.1) is 13.2 Å². The Labute approximate surface area is 135 Å². The fraction of sp³-hybridized carbons (Fsp3) is 0.412. The molecule has 1 aromatic carbocycles. The lowest BCUT2D eigenvalue weighted by Crippen LogP contribution is -2.33. The Balaban J connectivity index is 1.92. The monoisotopic (exact) mass is 319 g/mol. The van der Waals surface area contributed by atoms with Crippen LogP contribution < -0.4 is 10.1 Å². The summed E-state index contributed by atoms with van der Waals surface area (Å²) in [6.45, 7) is 5.02. The highest BCUT2D eigenvalue weighted by Crippen LogP contribution is 2.28. The van der Waals surface area contributed by atoms with Crippen LogP contribution in [-0.4, -0.2) is 36.8 Å². The van der Waals surface area contributed by atoms with Crippen molar-refractivity contribution in [1.82, 2.24) is 5.32 Å². The fourth-order valence-corrected chi connectivity index (χ4v) is 2.41. The summed E-state index contributed by atoms with van der Waals surface area (Å²) < 4.78 is 10.6. The molecule has 23 heavy (non-hydrogen) atoms. The zero-order valence-corrected chi connectivity index (χ0v) is 12.9. The van der Waals surface area contributed by atoms with Crippen LogP contribution >= 0.6 is 0 Å². The highest BCUT2D eigenvalue weighted by molar-refractivity contribution is 5.84. The number of amides is 1. The van der Waals surface area contributed by atoms with Crippen LogP contribution in [0.25, 0.3) is 0 Å². The molecule has 1 aliphatic heterocycles. The zero-order chi connectivity index (χ0) is 16.7. The van der Waals surface area contributed by atoms with Gasteiger partial charge >= 0.3 is 5.97 Å². The second-order valence-corrected chi connectivity index (χ2v) is 5.27. The van der Waals surface area contributed by atoms with Crippen molar-refractivity contribution in [3.05, 3.63) is 42.0 Å². The lowest BCUT2D eigenvalue weighted by molar-refractivity contribution is -0.142. The number of fused-ring (bicyclic) bond motifs is 1. The predicted molar refractivity (Wildman–Crippen MR) is 84.4 cm³/mol. The number of aliphatic carboxylic acids is 1. The molecule has 0 aliphatic carbocycles. The SMILES string of the molecule is C=CCOCCCC(=O)NC(C(=O)O)c1ccc2c(c1)CCO2. The Morgan fingerprint density at radius 3 is 3.04 bits per heavy atom. The molecule has 1 aromatic rings. The second-order valence-electron chi connectivity index (χ2n) is 5.27. The second kappa shape index (κ2) is 8.33. The van der Waals surface area contributed by atoms with Gasteiger partial charge in [0.15, 0.2) is 6.04 Å². The summed E-state index contributed by atoms with van der Waals surface area (Å²) in [5.74, 6) is -0.611. The van der Waals surface area contributed by atoms with Crippen LogP contribution in [0.1, 0.15) is 30.0 Å². The molecule has 1 unspecified atom stereocenters. The summed E-state index contributed by atoms with van der Waals surface area (Å²) in [6, 6.07) is 4.16. The minimum Gasteiger partial charge on any atom is -0.493 e. The van der Waals surface area contributed by atoms with Crippen LogP contribution in [0.5, 0.6) is 5.75 Å². The fourth-order valence-electron chi connectivity index (χ4n) is 2.41. The molecule has 0 radical (unpaired) electrons. The third-order valence-electron chi connectivity index (χ3n) is 3.53. The molecule has 124 valence electrons. The van der Waals surface area contributed by atoms with Gasteiger partial charge in [0.1, 0.15) is 5.75 Å². The van der Waals surface area contributed by atoms with E-state index in [1.54, 1.807) is 24.3 Å². The van der Waals surface area contributed by atoms with E-state index in [1.165, 1.54) is 0 Å². The number of carboxylic acids is 1. The van der Waals surface area contributed by atoms with Crippen LogP contribution in [0.3, 0.4) is 0 Å². The highest BCUT2D eigenvalue weighted by atomic mass is 16.5. The van der Waals surface area contributed by atoms with Gasteiger partial charge in [-0.1, -0.05) is 12.1 Å². The van der Waals surface area contributed by atoms with Crippen molar-refractivity contribution in [2.24, 2.45) is 0 Å². The van der Waals surface area contributed by atoms with E-state index >= 15 is 0 Å². The molecule has 1 atom stereocenters. The Hall–Kier alpha value is -2.34. The van der Waals surface area contributed by atoms with Crippen molar-refractivity contribution in [2.45, 2.75) is 25.3 Å². The van der Waals surface area contributed by atoms with Gasteiger partial charge in [-0.2, -0.15) is 0 Å². The van der Waals surface area contributed by atoms with Gasteiger partial charge in [-0.15, -0.1) is 6.58 Å². The summed E-state index contributed by atoms with van der Waals surface area (Å²) in [4.78, 5) is 23.4. The van der Waals surface area contributed by atoms with Crippen LogP contribution in [0.4, 0.5) is 0 Å². The Kier molecular flexibility index (Phi) is 6.17. The van der Waals surface area contributed by atoms with Crippen molar-refractivity contribution < 1.29 is 24.2 Å². The average Bonchev–Trinajstić information content (AvgIpc) is 2.99. The molecular formula is C17H21NO5. The van der Waals surface area contributed by atoms with Crippen molar-refractivity contribution >= 4 is 11.9 Å². The molecule has 2 rings (SSSR count). The van der Waals surface area contributed by atoms with E-state index in [2.05, 4.69) is 11.9 Å². The molecular weight excluding hydrogens is 298 g/mol. The number of carbonyl (C=O) groups is 2. The highest BCUT2D eigenvalue weighted by Gasteiger charge is 2.24. The van der Waals surface area contributed by atoms with E-state index < -0.39 is 12.0 Å². The van der Waals surface area contributed by atoms with Gasteiger partial charge in [0.2, 0.25) is 5.91 Å². The molecule has 6 heteroatoms. The maximum Gasteiger partial charge on any atom is 0.330 e. The predicted octanol–water partition coefficient (Wildman–Crippen LogP) is 1.85. The van der Waals surface area contributed by atoms with Gasteiger partial charge in [-0.05, 0) is 29.7 Å². The number of nitrogens with one attached hydrogen (secondary N) is 1. The summed E-state index contributed by atoms with van der Waals surface area (Å²) in [7, 11) is 0. The molecule has 0 saturated carbocycles. The molecule has 0 aromatic heterocycles. The minimum absolute atomic E-state index is 0.217. The largest absolute Gasteiger partial charge is 0.493 e. The summed E-state index contributed by atoms with van der Waals surface area (Å²) in [5, 5.41) is 11.9. The lowest BCUT2D eigenvalue weighted by atomic mass is 10.0. The molecule has 1 amide bonds. The molecule has 0 fully saturated rings. The first kappa shape index (κ1) is 17.0. The average molecular weight is 319 g/mol. The van der Waals surface area contributed by atoms with E-state index in [0.717, 1.165) is 17.7 Å². The molecule has 0 saturated heterocycles. The third-order valence-corrected chi connectivity index (χ3v) is 3.53. The molecule has 1 aliphatic rings. The van der Waals surface area contributed by atoms with E-state index in [9.17, 15) is 14.7 Å². The van der Waals surface area contributed by atoms with Crippen LogP contribution in [0, 0.1) is 0 Å². The number of rotatable bonds is 9. The van der Waals surface area contributed by atoms with Gasteiger partial charge < -0.3 is 19.9 Å². The standard InChI is InChI=1S/C17H21NO5/c1-2-8-22-9-3-4-15(19)18-16(17(20)21)13-5-6-14-12(11-13)7-10-23-14/h2,5-6,11,16H,1,3-4,7-10H2,(H,18,19)(H,20,21). The van der Waals surface area contributed by atoms with Crippen molar-refractivity contribution in [3.8, 4) is 5.75 Å². The topological polar surface area (TPSA) is 84.9 Å². The molecule has 1 heterocycles. The van der Waals surface area contributed by atoms with Crippen LogP contribution in [-0.2, 0) is 20.7 Å². The van der Waals surface area contributed by atoms with Crippen molar-refractivity contribution in [1.29, 1.82) is 0 Å². The number of hydrogen-bond acceptors (Lipinski definition) is 4. The normalized spacial score (nSPS) is 13.7. The maximum atomic E-state index is 11.9. The Morgan fingerprint density at radius 2 is 2.30 bits per heavy atom. The van der Waals surface area contributed by atoms with Crippen molar-refractivity contribution in [3.63, 3.8) is 0 Å². The quantitative estimate of drug-likeness (QED) is 0.536. The Bertz CT molecular complexity index is 584. The van der Waals surface area contributed by atoms with E-state index in [1.807, 2.05) is 0 Å². The number of carbonyl (C=O) groups excluding carboxylic acids is 1. The Morgan fingerprint density at radius 1 is 1.48 bits per heavy atom. The molecule has 0 bridgehead atoms.